The van der Waals surface area contributed by atoms with Gasteiger partial charge in [-0.2, -0.15) is 0 Å². The zero-order valence-corrected chi connectivity index (χ0v) is 18.4. The first-order valence-electron chi connectivity index (χ1n) is 10.7. The van der Waals surface area contributed by atoms with Gasteiger partial charge in [-0.05, 0) is 61.4 Å². The summed E-state index contributed by atoms with van der Waals surface area (Å²) in [7, 11) is 0. The Kier molecular flexibility index (Phi) is 6.44. The van der Waals surface area contributed by atoms with E-state index in [1.54, 1.807) is 48.8 Å². The molecule has 1 unspecified atom stereocenters. The van der Waals surface area contributed by atoms with Crippen LogP contribution in [0, 0.1) is 0 Å². The normalized spacial score (nSPS) is 15.8. The van der Waals surface area contributed by atoms with Crippen molar-refractivity contribution in [2.75, 3.05) is 13.2 Å². The number of nitrogens with zero attached hydrogens (tertiary/aromatic N) is 2. The van der Waals surface area contributed by atoms with E-state index in [1.807, 2.05) is 13.8 Å². The van der Waals surface area contributed by atoms with Crippen LogP contribution < -0.4 is 9.47 Å². The van der Waals surface area contributed by atoms with Gasteiger partial charge < -0.3 is 23.9 Å². The van der Waals surface area contributed by atoms with Crippen molar-refractivity contribution in [3.05, 3.63) is 89.3 Å². The Hall–Kier alpha value is -4.07. The smallest absolute Gasteiger partial charge is 0.290 e. The molecule has 0 saturated heterocycles. The molecule has 3 aromatic rings. The van der Waals surface area contributed by atoms with Gasteiger partial charge in [-0.25, -0.2) is 0 Å². The fraction of sp³-hybridized carbons (Fsp3) is 0.240. The van der Waals surface area contributed by atoms with Crippen LogP contribution >= 0.6 is 0 Å². The lowest BCUT2D eigenvalue weighted by atomic mass is 9.94. The van der Waals surface area contributed by atoms with Gasteiger partial charge in [0.1, 0.15) is 0 Å². The van der Waals surface area contributed by atoms with Crippen molar-refractivity contribution in [1.82, 2.24) is 9.88 Å². The first kappa shape index (κ1) is 22.1. The molecule has 0 aliphatic carbocycles. The number of amides is 1. The predicted octanol–water partition coefficient (Wildman–Crippen LogP) is 4.25. The van der Waals surface area contributed by atoms with Crippen molar-refractivity contribution in [2.45, 2.75) is 26.4 Å². The van der Waals surface area contributed by atoms with Gasteiger partial charge in [-0.1, -0.05) is 6.07 Å². The second kappa shape index (κ2) is 9.60. The fourth-order valence-electron chi connectivity index (χ4n) is 3.86. The molecule has 1 aliphatic rings. The number of aromatic nitrogens is 1. The lowest BCUT2D eigenvalue weighted by Crippen LogP contribution is -2.30. The van der Waals surface area contributed by atoms with Gasteiger partial charge in [0.05, 0.1) is 31.1 Å². The molecule has 0 radical (unpaired) electrons. The van der Waals surface area contributed by atoms with Crippen molar-refractivity contribution in [3.63, 3.8) is 0 Å². The van der Waals surface area contributed by atoms with Crippen LogP contribution in [0.5, 0.6) is 11.5 Å². The molecule has 0 bridgehead atoms. The quantitative estimate of drug-likeness (QED) is 0.488. The summed E-state index contributed by atoms with van der Waals surface area (Å²) in [5.41, 5.74) is 1.36. The van der Waals surface area contributed by atoms with E-state index in [4.69, 9.17) is 13.9 Å². The van der Waals surface area contributed by atoms with Crippen LogP contribution in [0.4, 0.5) is 0 Å². The lowest BCUT2D eigenvalue weighted by Gasteiger charge is -2.27. The van der Waals surface area contributed by atoms with Crippen LogP contribution in [0.1, 0.15) is 41.6 Å². The first-order chi connectivity index (χ1) is 16.0. The molecule has 0 fully saturated rings. The summed E-state index contributed by atoms with van der Waals surface area (Å²) in [6.45, 7) is 4.76. The maximum atomic E-state index is 13.3. The van der Waals surface area contributed by atoms with Crippen molar-refractivity contribution >= 4 is 11.7 Å². The maximum Gasteiger partial charge on any atom is 0.290 e. The van der Waals surface area contributed by atoms with Crippen LogP contribution in [-0.4, -0.2) is 39.9 Å². The number of carbonyl (C=O) groups excluding carboxylic acids is 2. The molecule has 1 aromatic carbocycles. The molecule has 170 valence electrons. The third kappa shape index (κ3) is 4.32. The number of carbonyl (C=O) groups is 2. The van der Waals surface area contributed by atoms with E-state index < -0.39 is 23.5 Å². The molecule has 8 nitrogen and oxygen atoms in total. The zero-order chi connectivity index (χ0) is 23.4. The molecule has 3 heterocycles. The minimum absolute atomic E-state index is 0.0380. The number of benzene rings is 1. The van der Waals surface area contributed by atoms with Crippen molar-refractivity contribution in [2.24, 2.45) is 0 Å². The molecule has 8 heteroatoms. The van der Waals surface area contributed by atoms with Gasteiger partial charge in [-0.15, -0.1) is 0 Å². The Labute approximate surface area is 191 Å². The summed E-state index contributed by atoms with van der Waals surface area (Å²) in [4.78, 5) is 31.8. The molecule has 0 spiro atoms. The number of hydrogen-bond acceptors (Lipinski definition) is 7. The lowest BCUT2D eigenvalue weighted by molar-refractivity contribution is -0.130. The number of Topliss-reactive ketones (excluding diaryl/α,β-unsaturated/α-hetero) is 1. The van der Waals surface area contributed by atoms with E-state index in [9.17, 15) is 14.7 Å². The van der Waals surface area contributed by atoms with Gasteiger partial charge in [0.25, 0.3) is 5.91 Å². The van der Waals surface area contributed by atoms with Crippen LogP contribution in [0.25, 0.3) is 0 Å². The van der Waals surface area contributed by atoms with Gasteiger partial charge in [-0.3, -0.25) is 14.6 Å². The highest BCUT2D eigenvalue weighted by Crippen LogP contribution is 2.42. The summed E-state index contributed by atoms with van der Waals surface area (Å²) in [5.74, 6) is -0.707. The topological polar surface area (TPSA) is 102 Å². The summed E-state index contributed by atoms with van der Waals surface area (Å²) in [6.07, 6.45) is 4.61. The van der Waals surface area contributed by atoms with Gasteiger partial charge in [0.2, 0.25) is 5.78 Å². The summed E-state index contributed by atoms with van der Waals surface area (Å²) < 4.78 is 16.7. The Morgan fingerprint density at radius 3 is 2.48 bits per heavy atom. The van der Waals surface area contributed by atoms with Crippen LogP contribution in [0.3, 0.4) is 0 Å². The number of ketones is 1. The Balaban J connectivity index is 1.82. The number of aliphatic hydroxyl groups is 1. The molecule has 1 N–H and O–H groups in total. The number of hydrogen-bond donors (Lipinski definition) is 1. The van der Waals surface area contributed by atoms with E-state index in [0.717, 1.165) is 5.56 Å². The fourth-order valence-corrected chi connectivity index (χ4v) is 3.86. The minimum atomic E-state index is -0.849. The molecule has 1 aliphatic heterocycles. The highest BCUT2D eigenvalue weighted by atomic mass is 16.5. The summed E-state index contributed by atoms with van der Waals surface area (Å²) in [6, 6.07) is 11.0. The van der Waals surface area contributed by atoms with Crippen LogP contribution in [0.15, 0.2) is 76.9 Å². The largest absolute Gasteiger partial charge is 0.503 e. The highest BCUT2D eigenvalue weighted by Gasteiger charge is 2.44. The van der Waals surface area contributed by atoms with Gasteiger partial charge in [0.15, 0.2) is 23.0 Å². The number of rotatable bonds is 9. The third-order valence-electron chi connectivity index (χ3n) is 5.28. The first-order valence-corrected chi connectivity index (χ1v) is 10.7. The molecular weight excluding hydrogens is 424 g/mol. The SMILES string of the molecule is CCOc1ccc(C2C(C(=O)c3ccco3)=C(O)C(=O)N2Cc2ccncc2)cc1OCC. The Bertz CT molecular complexity index is 1170. The van der Waals surface area contributed by atoms with E-state index >= 15 is 0 Å². The van der Waals surface area contributed by atoms with E-state index in [2.05, 4.69) is 4.98 Å². The van der Waals surface area contributed by atoms with Crippen LogP contribution in [-0.2, 0) is 11.3 Å². The Morgan fingerprint density at radius 1 is 1.09 bits per heavy atom. The van der Waals surface area contributed by atoms with Crippen LogP contribution in [0.2, 0.25) is 0 Å². The van der Waals surface area contributed by atoms with Crippen molar-refractivity contribution in [1.29, 1.82) is 0 Å². The molecule has 1 amide bonds. The van der Waals surface area contributed by atoms with Crippen molar-refractivity contribution in [3.8, 4) is 11.5 Å². The molecular formula is C25H24N2O6. The monoisotopic (exact) mass is 448 g/mol. The second-order valence-electron chi connectivity index (χ2n) is 7.33. The average Bonchev–Trinajstić information content (AvgIpc) is 3.44. The number of aliphatic hydroxyl groups excluding tert-OH is 1. The number of ether oxygens (including phenoxy) is 2. The van der Waals surface area contributed by atoms with Gasteiger partial charge in [0, 0.05) is 18.9 Å². The summed E-state index contributed by atoms with van der Waals surface area (Å²) >= 11 is 0. The number of furan rings is 1. The minimum Gasteiger partial charge on any atom is -0.503 e. The van der Waals surface area contributed by atoms with E-state index in [1.165, 1.54) is 17.2 Å². The van der Waals surface area contributed by atoms with Crippen molar-refractivity contribution < 1.29 is 28.6 Å². The molecule has 4 rings (SSSR count). The molecule has 2 aromatic heterocycles. The van der Waals surface area contributed by atoms with E-state index in [0.29, 0.717) is 30.3 Å². The standard InChI is InChI=1S/C25H24N2O6/c1-3-31-18-8-7-17(14-20(18)32-4-2)22-21(23(28)19-6-5-13-33-19)24(29)25(30)27(22)15-16-9-11-26-12-10-16/h5-14,22,29H,3-4,15H2,1-2H3. The van der Waals surface area contributed by atoms with Gasteiger partial charge >= 0.3 is 0 Å². The average molecular weight is 448 g/mol. The Morgan fingerprint density at radius 2 is 1.82 bits per heavy atom. The number of pyridine rings is 1. The van der Waals surface area contributed by atoms with E-state index in [-0.39, 0.29) is 17.9 Å². The highest BCUT2D eigenvalue weighted by molar-refractivity contribution is 6.15. The predicted molar refractivity (Wildman–Crippen MR) is 119 cm³/mol. The third-order valence-corrected chi connectivity index (χ3v) is 5.28. The zero-order valence-electron chi connectivity index (χ0n) is 18.4. The second-order valence-corrected chi connectivity index (χ2v) is 7.33. The maximum absolute atomic E-state index is 13.3. The molecule has 33 heavy (non-hydrogen) atoms. The molecule has 0 saturated carbocycles. The molecule has 1 atom stereocenters. The summed E-state index contributed by atoms with van der Waals surface area (Å²) in [5, 5.41) is 10.8.